The number of thioether (sulfide) groups is 1. The fraction of sp³-hybridized carbons (Fsp3) is 0.667. The molecule has 1 aromatic rings. The van der Waals surface area contributed by atoms with Crippen LogP contribution in [-0.4, -0.2) is 26.3 Å². The van der Waals surface area contributed by atoms with E-state index in [-0.39, 0.29) is 0 Å². The first-order valence-electron chi connectivity index (χ1n) is 3.68. The maximum atomic E-state index is 5.79. The van der Waals surface area contributed by atoms with Crippen LogP contribution >= 0.6 is 35.1 Å². The molecule has 0 spiro atoms. The predicted molar refractivity (Wildman–Crippen MR) is 54.3 cm³/mol. The van der Waals surface area contributed by atoms with Gasteiger partial charge in [0, 0.05) is 11.8 Å². The highest BCUT2D eigenvalue weighted by atomic mass is 35.5. The molecule has 12 heavy (non-hydrogen) atoms. The van der Waals surface area contributed by atoms with Gasteiger partial charge in [0.25, 0.3) is 0 Å². The summed E-state index contributed by atoms with van der Waals surface area (Å²) in [4.78, 5) is 0. The third kappa shape index (κ3) is 1.84. The standard InChI is InChI=1S/C6H8ClN3S2/c7-5-6(10-12-9-5)8-4-1-2-11-3-4/h4H,1-3H2,(H,8,10). The van der Waals surface area contributed by atoms with Crippen LogP contribution in [0.5, 0.6) is 0 Å². The van der Waals surface area contributed by atoms with Gasteiger partial charge in [-0.25, -0.2) is 0 Å². The highest BCUT2D eigenvalue weighted by Gasteiger charge is 2.17. The molecule has 0 aliphatic carbocycles. The summed E-state index contributed by atoms with van der Waals surface area (Å²) in [6.07, 6.45) is 1.19. The van der Waals surface area contributed by atoms with Gasteiger partial charge in [-0.1, -0.05) is 11.6 Å². The van der Waals surface area contributed by atoms with Crippen molar-refractivity contribution in [3.05, 3.63) is 5.15 Å². The molecule has 0 bridgehead atoms. The Labute approximate surface area is 84.2 Å². The third-order valence-corrected chi connectivity index (χ3v) is 3.77. The summed E-state index contributed by atoms with van der Waals surface area (Å²) in [6.45, 7) is 0. The van der Waals surface area contributed by atoms with Gasteiger partial charge in [0.1, 0.15) is 0 Å². The van der Waals surface area contributed by atoms with E-state index in [1.807, 2.05) is 11.8 Å². The lowest BCUT2D eigenvalue weighted by molar-refractivity contribution is 0.809. The molecule has 1 aliphatic rings. The van der Waals surface area contributed by atoms with E-state index in [4.69, 9.17) is 11.6 Å². The Balaban J connectivity index is 1.98. The normalized spacial score (nSPS) is 22.9. The molecule has 1 aromatic heterocycles. The van der Waals surface area contributed by atoms with E-state index < -0.39 is 0 Å². The first kappa shape index (κ1) is 8.59. The van der Waals surface area contributed by atoms with E-state index in [9.17, 15) is 0 Å². The quantitative estimate of drug-likeness (QED) is 0.830. The van der Waals surface area contributed by atoms with Crippen molar-refractivity contribution in [1.82, 2.24) is 8.75 Å². The van der Waals surface area contributed by atoms with Gasteiger partial charge in [0.15, 0.2) is 11.0 Å². The van der Waals surface area contributed by atoms with Crippen LogP contribution in [0, 0.1) is 0 Å². The molecular formula is C6H8ClN3S2. The molecule has 6 heteroatoms. The van der Waals surface area contributed by atoms with Gasteiger partial charge in [0.2, 0.25) is 0 Å². The van der Waals surface area contributed by atoms with Crippen molar-refractivity contribution in [3.63, 3.8) is 0 Å². The van der Waals surface area contributed by atoms with Crippen LogP contribution in [0.1, 0.15) is 6.42 Å². The van der Waals surface area contributed by atoms with Gasteiger partial charge in [-0.3, -0.25) is 0 Å². The molecule has 1 saturated heterocycles. The summed E-state index contributed by atoms with van der Waals surface area (Å²) >= 11 is 8.89. The van der Waals surface area contributed by atoms with Gasteiger partial charge in [-0.05, 0) is 12.2 Å². The molecule has 3 nitrogen and oxygen atoms in total. The molecule has 1 atom stereocenters. The van der Waals surface area contributed by atoms with Gasteiger partial charge in [-0.2, -0.15) is 20.5 Å². The predicted octanol–water partition coefficient (Wildman–Crippen LogP) is 2.11. The number of nitrogens with one attached hydrogen (secondary N) is 1. The van der Waals surface area contributed by atoms with Crippen molar-refractivity contribution >= 4 is 40.9 Å². The van der Waals surface area contributed by atoms with Crippen LogP contribution in [0.3, 0.4) is 0 Å². The molecule has 1 unspecified atom stereocenters. The summed E-state index contributed by atoms with van der Waals surface area (Å²) in [5.74, 6) is 3.12. The van der Waals surface area contributed by atoms with E-state index in [2.05, 4.69) is 14.1 Å². The summed E-state index contributed by atoms with van der Waals surface area (Å²) in [5, 5.41) is 3.77. The number of nitrogens with zero attached hydrogens (tertiary/aromatic N) is 2. The zero-order valence-electron chi connectivity index (χ0n) is 6.29. The molecule has 1 aliphatic heterocycles. The van der Waals surface area contributed by atoms with E-state index in [0.717, 1.165) is 23.3 Å². The highest BCUT2D eigenvalue weighted by molar-refractivity contribution is 7.99. The van der Waals surface area contributed by atoms with Crippen LogP contribution in [0.15, 0.2) is 0 Å². The molecule has 1 N–H and O–H groups in total. The number of aromatic nitrogens is 2. The molecule has 66 valence electrons. The maximum Gasteiger partial charge on any atom is 0.186 e. The van der Waals surface area contributed by atoms with Crippen LogP contribution in [0.2, 0.25) is 5.15 Å². The lowest BCUT2D eigenvalue weighted by atomic mass is 10.3. The number of hydrogen-bond acceptors (Lipinski definition) is 5. The fourth-order valence-corrected chi connectivity index (χ4v) is 2.92. The Hall–Kier alpha value is -0.000000000000000111. The van der Waals surface area contributed by atoms with Gasteiger partial charge < -0.3 is 5.32 Å². The minimum Gasteiger partial charge on any atom is -0.363 e. The molecule has 0 radical (unpaired) electrons. The zero-order valence-corrected chi connectivity index (χ0v) is 8.68. The average Bonchev–Trinajstić information content (AvgIpc) is 2.65. The first-order chi connectivity index (χ1) is 5.86. The zero-order chi connectivity index (χ0) is 8.39. The van der Waals surface area contributed by atoms with Crippen LogP contribution in [0.25, 0.3) is 0 Å². The molecule has 0 saturated carbocycles. The number of rotatable bonds is 2. The second-order valence-electron chi connectivity index (χ2n) is 2.61. The SMILES string of the molecule is Clc1nsnc1NC1CCSC1. The molecular weight excluding hydrogens is 214 g/mol. The monoisotopic (exact) mass is 221 g/mol. The molecule has 1 fully saturated rings. The Morgan fingerprint density at radius 1 is 1.50 bits per heavy atom. The minimum atomic E-state index is 0.497. The molecule has 0 amide bonds. The molecule has 2 heterocycles. The van der Waals surface area contributed by atoms with Crippen molar-refractivity contribution < 1.29 is 0 Å². The summed E-state index contributed by atoms with van der Waals surface area (Å²) in [7, 11) is 0. The van der Waals surface area contributed by atoms with E-state index in [1.165, 1.54) is 12.2 Å². The number of halogens is 1. The smallest absolute Gasteiger partial charge is 0.186 e. The van der Waals surface area contributed by atoms with Crippen LogP contribution in [-0.2, 0) is 0 Å². The summed E-state index contributed by atoms with van der Waals surface area (Å²) in [6, 6.07) is 0.524. The van der Waals surface area contributed by atoms with E-state index in [0.29, 0.717) is 11.2 Å². The van der Waals surface area contributed by atoms with Crippen molar-refractivity contribution in [2.75, 3.05) is 16.8 Å². The fourth-order valence-electron chi connectivity index (χ4n) is 1.11. The van der Waals surface area contributed by atoms with Gasteiger partial charge in [0.05, 0.1) is 11.7 Å². The Morgan fingerprint density at radius 2 is 2.42 bits per heavy atom. The Kier molecular flexibility index (Phi) is 2.73. The summed E-state index contributed by atoms with van der Waals surface area (Å²) in [5.41, 5.74) is 0. The average molecular weight is 222 g/mol. The van der Waals surface area contributed by atoms with Crippen LogP contribution < -0.4 is 5.32 Å². The van der Waals surface area contributed by atoms with Crippen molar-refractivity contribution in [2.45, 2.75) is 12.5 Å². The lowest BCUT2D eigenvalue weighted by Crippen LogP contribution is -2.18. The largest absolute Gasteiger partial charge is 0.363 e. The summed E-state index contributed by atoms with van der Waals surface area (Å²) < 4.78 is 7.94. The Morgan fingerprint density at radius 3 is 3.00 bits per heavy atom. The topological polar surface area (TPSA) is 37.8 Å². The van der Waals surface area contributed by atoms with Crippen molar-refractivity contribution in [1.29, 1.82) is 0 Å². The molecule has 0 aromatic carbocycles. The number of hydrogen-bond donors (Lipinski definition) is 1. The van der Waals surface area contributed by atoms with Gasteiger partial charge in [-0.15, -0.1) is 0 Å². The highest BCUT2D eigenvalue weighted by Crippen LogP contribution is 2.24. The van der Waals surface area contributed by atoms with Gasteiger partial charge >= 0.3 is 0 Å². The van der Waals surface area contributed by atoms with E-state index in [1.54, 1.807) is 0 Å². The van der Waals surface area contributed by atoms with Crippen LogP contribution in [0.4, 0.5) is 5.82 Å². The lowest BCUT2D eigenvalue weighted by Gasteiger charge is -2.08. The van der Waals surface area contributed by atoms with Crippen molar-refractivity contribution in [3.8, 4) is 0 Å². The van der Waals surface area contributed by atoms with Crippen molar-refractivity contribution in [2.24, 2.45) is 0 Å². The second kappa shape index (κ2) is 3.81. The minimum absolute atomic E-state index is 0.497. The first-order valence-corrected chi connectivity index (χ1v) is 5.95. The molecule has 2 rings (SSSR count). The Bertz CT molecular complexity index is 259. The number of anilines is 1. The van der Waals surface area contributed by atoms with E-state index >= 15 is 0 Å². The maximum absolute atomic E-state index is 5.79. The second-order valence-corrected chi connectivity index (χ2v) is 4.64. The third-order valence-electron chi connectivity index (χ3n) is 1.72.